The first-order chi connectivity index (χ1) is 9.31. The van der Waals surface area contributed by atoms with Gasteiger partial charge in [-0.15, -0.1) is 0 Å². The molecule has 0 aromatic rings. The fourth-order valence-electron chi connectivity index (χ4n) is 4.27. The van der Waals surface area contributed by atoms with E-state index in [1.54, 1.807) is 0 Å². The standard InChI is InChI=1S/C17H32N2/c1-14-3-2-4-16(11-14)13-19(17-5-6-17)12-15-7-9-18-10-8-15/h14-18H,2-13H2,1H3. The molecular weight excluding hydrogens is 232 g/mol. The van der Waals surface area contributed by atoms with Crippen LogP contribution in [0.2, 0.25) is 0 Å². The molecule has 3 aliphatic rings. The molecule has 0 radical (unpaired) electrons. The zero-order chi connectivity index (χ0) is 13.1. The molecule has 2 saturated carbocycles. The van der Waals surface area contributed by atoms with Crippen molar-refractivity contribution in [2.45, 2.75) is 64.3 Å². The highest BCUT2D eigenvalue weighted by Gasteiger charge is 2.33. The molecule has 0 aromatic carbocycles. The third-order valence-electron chi connectivity index (χ3n) is 5.55. The van der Waals surface area contributed by atoms with Crippen LogP contribution < -0.4 is 5.32 Å². The van der Waals surface area contributed by atoms with E-state index in [0.29, 0.717) is 0 Å². The van der Waals surface area contributed by atoms with Gasteiger partial charge in [0.1, 0.15) is 0 Å². The summed E-state index contributed by atoms with van der Waals surface area (Å²) in [5.74, 6) is 2.97. The van der Waals surface area contributed by atoms with Gasteiger partial charge in [-0.1, -0.05) is 19.8 Å². The molecule has 1 N–H and O–H groups in total. The van der Waals surface area contributed by atoms with E-state index in [2.05, 4.69) is 17.1 Å². The summed E-state index contributed by atoms with van der Waals surface area (Å²) in [6, 6.07) is 0.965. The topological polar surface area (TPSA) is 15.3 Å². The van der Waals surface area contributed by atoms with E-state index in [-0.39, 0.29) is 0 Å². The summed E-state index contributed by atoms with van der Waals surface area (Å²) in [4.78, 5) is 2.89. The summed E-state index contributed by atoms with van der Waals surface area (Å²) in [6.07, 6.45) is 11.7. The highest BCUT2D eigenvalue weighted by molar-refractivity contribution is 4.88. The number of hydrogen-bond acceptors (Lipinski definition) is 2. The Morgan fingerprint density at radius 2 is 1.63 bits per heavy atom. The molecule has 1 heterocycles. The first-order valence-electron chi connectivity index (χ1n) is 8.76. The van der Waals surface area contributed by atoms with E-state index in [0.717, 1.165) is 23.8 Å². The van der Waals surface area contributed by atoms with Gasteiger partial charge >= 0.3 is 0 Å². The van der Waals surface area contributed by atoms with Crippen LogP contribution in [0.5, 0.6) is 0 Å². The van der Waals surface area contributed by atoms with Crippen LogP contribution in [0.15, 0.2) is 0 Å². The largest absolute Gasteiger partial charge is 0.317 e. The molecule has 19 heavy (non-hydrogen) atoms. The quantitative estimate of drug-likeness (QED) is 0.820. The predicted octanol–water partition coefficient (Wildman–Crippen LogP) is 3.28. The van der Waals surface area contributed by atoms with E-state index in [4.69, 9.17) is 0 Å². The Kier molecular flexibility index (Phi) is 4.81. The van der Waals surface area contributed by atoms with E-state index >= 15 is 0 Å². The minimum Gasteiger partial charge on any atom is -0.317 e. The predicted molar refractivity (Wildman–Crippen MR) is 81.3 cm³/mol. The molecule has 0 spiro atoms. The van der Waals surface area contributed by atoms with Gasteiger partial charge in [-0.2, -0.15) is 0 Å². The number of nitrogens with one attached hydrogen (secondary N) is 1. The number of rotatable bonds is 5. The van der Waals surface area contributed by atoms with Gasteiger partial charge in [0.2, 0.25) is 0 Å². The maximum absolute atomic E-state index is 3.50. The fraction of sp³-hybridized carbons (Fsp3) is 1.00. The summed E-state index contributed by atoms with van der Waals surface area (Å²) in [5, 5.41) is 3.50. The average Bonchev–Trinajstić information content (AvgIpc) is 3.23. The molecule has 1 saturated heterocycles. The van der Waals surface area contributed by atoms with Crippen molar-refractivity contribution in [2.75, 3.05) is 26.2 Å². The maximum Gasteiger partial charge on any atom is 0.00966 e. The summed E-state index contributed by atoms with van der Waals surface area (Å²) in [7, 11) is 0. The zero-order valence-electron chi connectivity index (χ0n) is 12.7. The van der Waals surface area contributed by atoms with Gasteiger partial charge in [0, 0.05) is 19.1 Å². The molecule has 1 aliphatic heterocycles. The van der Waals surface area contributed by atoms with Crippen LogP contribution in [0.3, 0.4) is 0 Å². The second-order valence-corrected chi connectivity index (χ2v) is 7.52. The van der Waals surface area contributed by atoms with Gasteiger partial charge in [-0.25, -0.2) is 0 Å². The lowest BCUT2D eigenvalue weighted by atomic mass is 9.82. The zero-order valence-corrected chi connectivity index (χ0v) is 12.7. The SMILES string of the molecule is CC1CCCC(CN(CC2CCNCC2)C2CC2)C1. The minimum absolute atomic E-state index is 0.965. The number of piperidine rings is 1. The van der Waals surface area contributed by atoms with Crippen molar-refractivity contribution in [3.63, 3.8) is 0 Å². The molecule has 2 heteroatoms. The molecule has 0 bridgehead atoms. The lowest BCUT2D eigenvalue weighted by Gasteiger charge is -2.35. The normalized spacial score (nSPS) is 33.8. The van der Waals surface area contributed by atoms with Crippen LogP contribution in [0, 0.1) is 17.8 Å². The van der Waals surface area contributed by atoms with Crippen LogP contribution in [-0.2, 0) is 0 Å². The summed E-state index contributed by atoms with van der Waals surface area (Å²) < 4.78 is 0. The molecule has 0 aromatic heterocycles. The molecule has 2 atom stereocenters. The van der Waals surface area contributed by atoms with Gasteiger partial charge in [0.15, 0.2) is 0 Å². The molecule has 0 amide bonds. The average molecular weight is 264 g/mol. The Hall–Kier alpha value is -0.0800. The molecule has 3 rings (SSSR count). The van der Waals surface area contributed by atoms with E-state index in [1.165, 1.54) is 77.5 Å². The Labute approximate surface area is 119 Å². The van der Waals surface area contributed by atoms with E-state index in [1.807, 2.05) is 0 Å². The fourth-order valence-corrected chi connectivity index (χ4v) is 4.27. The Bertz CT molecular complexity index is 268. The van der Waals surface area contributed by atoms with Crippen LogP contribution in [0.4, 0.5) is 0 Å². The van der Waals surface area contributed by atoms with Crippen molar-refractivity contribution in [2.24, 2.45) is 17.8 Å². The van der Waals surface area contributed by atoms with Crippen molar-refractivity contribution in [3.8, 4) is 0 Å². The number of nitrogens with zero attached hydrogens (tertiary/aromatic N) is 1. The van der Waals surface area contributed by atoms with Gasteiger partial charge in [-0.3, -0.25) is 4.90 Å². The van der Waals surface area contributed by atoms with Crippen molar-refractivity contribution in [1.82, 2.24) is 10.2 Å². The van der Waals surface area contributed by atoms with Crippen molar-refractivity contribution >= 4 is 0 Å². The monoisotopic (exact) mass is 264 g/mol. The van der Waals surface area contributed by atoms with Crippen molar-refractivity contribution < 1.29 is 0 Å². The van der Waals surface area contributed by atoms with Crippen LogP contribution in [0.1, 0.15) is 58.3 Å². The smallest absolute Gasteiger partial charge is 0.00966 e. The summed E-state index contributed by atoms with van der Waals surface area (Å²) in [6.45, 7) is 7.78. The number of hydrogen-bond donors (Lipinski definition) is 1. The molecule has 3 fully saturated rings. The third kappa shape index (κ3) is 4.19. The van der Waals surface area contributed by atoms with Crippen LogP contribution >= 0.6 is 0 Å². The second kappa shape index (κ2) is 6.58. The van der Waals surface area contributed by atoms with Crippen LogP contribution in [-0.4, -0.2) is 37.1 Å². The Morgan fingerprint density at radius 1 is 0.895 bits per heavy atom. The first kappa shape index (κ1) is 13.9. The molecule has 2 aliphatic carbocycles. The molecular formula is C17H32N2. The van der Waals surface area contributed by atoms with Gasteiger partial charge in [-0.05, 0) is 69.4 Å². The summed E-state index contributed by atoms with van der Waals surface area (Å²) >= 11 is 0. The molecule has 110 valence electrons. The summed E-state index contributed by atoms with van der Waals surface area (Å²) in [5.41, 5.74) is 0. The van der Waals surface area contributed by atoms with Crippen LogP contribution in [0.25, 0.3) is 0 Å². The third-order valence-corrected chi connectivity index (χ3v) is 5.55. The van der Waals surface area contributed by atoms with Crippen molar-refractivity contribution in [3.05, 3.63) is 0 Å². The van der Waals surface area contributed by atoms with Gasteiger partial charge in [0.25, 0.3) is 0 Å². The lowest BCUT2D eigenvalue weighted by molar-refractivity contribution is 0.143. The first-order valence-corrected chi connectivity index (χ1v) is 8.76. The highest BCUT2D eigenvalue weighted by atomic mass is 15.2. The molecule has 2 unspecified atom stereocenters. The van der Waals surface area contributed by atoms with Crippen molar-refractivity contribution in [1.29, 1.82) is 0 Å². The second-order valence-electron chi connectivity index (χ2n) is 7.52. The van der Waals surface area contributed by atoms with Gasteiger partial charge < -0.3 is 5.32 Å². The van der Waals surface area contributed by atoms with Gasteiger partial charge in [0.05, 0.1) is 0 Å². The Morgan fingerprint density at radius 3 is 2.32 bits per heavy atom. The lowest BCUT2D eigenvalue weighted by Crippen LogP contribution is -2.40. The maximum atomic E-state index is 3.50. The van der Waals surface area contributed by atoms with E-state index in [9.17, 15) is 0 Å². The van der Waals surface area contributed by atoms with E-state index < -0.39 is 0 Å². The highest BCUT2D eigenvalue weighted by Crippen LogP contribution is 2.34. The minimum atomic E-state index is 0.965. The Balaban J connectivity index is 1.49. The molecule has 2 nitrogen and oxygen atoms in total.